The van der Waals surface area contributed by atoms with Crippen LogP contribution >= 0.6 is 11.6 Å². The molecule has 0 unspecified atom stereocenters. The molecule has 1 N–H and O–H groups in total. The minimum Gasteiger partial charge on any atom is -0.492 e. The SMILES string of the molecule is CCOc1ccccc1N1CCN(c2nc(Cl)nc(N3CC(F)(C(=O)O)C3)n2)CC1. The minimum atomic E-state index is -2.28. The fourth-order valence-electron chi connectivity index (χ4n) is 3.59. The highest BCUT2D eigenvalue weighted by Crippen LogP contribution is 2.31. The molecule has 0 amide bonds. The minimum absolute atomic E-state index is 0.00851. The van der Waals surface area contributed by atoms with E-state index in [0.29, 0.717) is 25.6 Å². The highest BCUT2D eigenvalue weighted by Gasteiger charge is 2.51. The van der Waals surface area contributed by atoms with Crippen LogP contribution in [0.1, 0.15) is 6.92 Å². The van der Waals surface area contributed by atoms with Crippen LogP contribution in [0, 0.1) is 0 Å². The van der Waals surface area contributed by atoms with E-state index in [2.05, 4.69) is 19.9 Å². The summed E-state index contributed by atoms with van der Waals surface area (Å²) in [7, 11) is 0. The number of hydrogen-bond acceptors (Lipinski definition) is 8. The van der Waals surface area contributed by atoms with E-state index in [0.717, 1.165) is 24.5 Å². The van der Waals surface area contributed by atoms with Gasteiger partial charge in [0.2, 0.25) is 22.8 Å². The Labute approximate surface area is 178 Å². The predicted octanol–water partition coefficient (Wildman–Crippen LogP) is 1.86. The highest BCUT2D eigenvalue weighted by molar-refractivity contribution is 6.28. The quantitative estimate of drug-likeness (QED) is 0.727. The maximum atomic E-state index is 14.0. The zero-order chi connectivity index (χ0) is 21.3. The molecule has 9 nitrogen and oxygen atoms in total. The number of halogens is 2. The number of ether oxygens (including phenoxy) is 1. The first-order valence-electron chi connectivity index (χ1n) is 9.70. The van der Waals surface area contributed by atoms with E-state index in [9.17, 15) is 9.18 Å². The summed E-state index contributed by atoms with van der Waals surface area (Å²) in [6.45, 7) is 4.71. The number of alkyl halides is 1. The first kappa shape index (κ1) is 20.4. The second-order valence-electron chi connectivity index (χ2n) is 7.21. The average molecular weight is 437 g/mol. The van der Waals surface area contributed by atoms with E-state index in [1.165, 1.54) is 4.90 Å². The fraction of sp³-hybridized carbons (Fsp3) is 0.474. The summed E-state index contributed by atoms with van der Waals surface area (Å²) in [5, 5.41) is 8.93. The summed E-state index contributed by atoms with van der Waals surface area (Å²) in [6.07, 6.45) is 0. The molecule has 0 bridgehead atoms. The molecule has 4 rings (SSSR count). The van der Waals surface area contributed by atoms with Gasteiger partial charge in [-0.25, -0.2) is 9.18 Å². The molecule has 0 aliphatic carbocycles. The van der Waals surface area contributed by atoms with Gasteiger partial charge in [0.05, 0.1) is 25.4 Å². The molecule has 2 saturated heterocycles. The third-order valence-electron chi connectivity index (χ3n) is 5.20. The molecule has 1 aromatic heterocycles. The number of rotatable bonds is 6. The molecular weight excluding hydrogens is 415 g/mol. The first-order chi connectivity index (χ1) is 14.4. The number of benzene rings is 1. The van der Waals surface area contributed by atoms with E-state index >= 15 is 0 Å². The maximum absolute atomic E-state index is 14.0. The number of carboxylic acid groups (broad SMARTS) is 1. The number of para-hydroxylation sites is 2. The Morgan fingerprint density at radius 3 is 2.33 bits per heavy atom. The van der Waals surface area contributed by atoms with Crippen molar-refractivity contribution in [3.05, 3.63) is 29.5 Å². The number of carboxylic acids is 1. The van der Waals surface area contributed by atoms with E-state index in [4.69, 9.17) is 21.4 Å². The van der Waals surface area contributed by atoms with Gasteiger partial charge in [-0.15, -0.1) is 0 Å². The number of aliphatic carboxylic acids is 1. The number of hydrogen-bond donors (Lipinski definition) is 1. The van der Waals surface area contributed by atoms with Crippen molar-refractivity contribution in [2.24, 2.45) is 0 Å². The zero-order valence-electron chi connectivity index (χ0n) is 16.5. The summed E-state index contributed by atoms with van der Waals surface area (Å²) in [5.41, 5.74) is -1.24. The van der Waals surface area contributed by atoms with Gasteiger partial charge in [0, 0.05) is 26.2 Å². The van der Waals surface area contributed by atoms with Gasteiger partial charge in [-0.05, 0) is 30.7 Å². The van der Waals surface area contributed by atoms with Gasteiger partial charge in [0.25, 0.3) is 0 Å². The van der Waals surface area contributed by atoms with Crippen molar-refractivity contribution >= 4 is 35.2 Å². The first-order valence-corrected chi connectivity index (χ1v) is 10.1. The Bertz CT molecular complexity index is 934. The van der Waals surface area contributed by atoms with Crippen LogP contribution in [0.4, 0.5) is 22.0 Å². The molecule has 11 heteroatoms. The molecule has 1 aromatic carbocycles. The Kier molecular flexibility index (Phi) is 5.50. The summed E-state index contributed by atoms with van der Waals surface area (Å²) in [6, 6.07) is 7.93. The number of aromatic nitrogens is 3. The molecule has 0 radical (unpaired) electrons. The Hall–Kier alpha value is -2.88. The number of carbonyl (C=O) groups is 1. The standard InChI is InChI=1S/C19H22ClFN6O3/c1-2-30-14-6-4-3-5-13(14)25-7-9-26(10-8-25)17-22-16(20)23-18(24-17)27-11-19(21,12-27)15(28)29/h3-6H,2,7-12H2,1H3,(H,28,29). The third kappa shape index (κ3) is 3.91. The monoisotopic (exact) mass is 436 g/mol. The molecular formula is C19H22ClFN6O3. The lowest BCUT2D eigenvalue weighted by molar-refractivity contribution is -0.152. The molecule has 160 valence electrons. The fourth-order valence-corrected chi connectivity index (χ4v) is 3.74. The predicted molar refractivity (Wildman–Crippen MR) is 111 cm³/mol. The summed E-state index contributed by atoms with van der Waals surface area (Å²) in [4.78, 5) is 29.3. The summed E-state index contributed by atoms with van der Waals surface area (Å²) in [5.74, 6) is -0.0504. The van der Waals surface area contributed by atoms with Crippen molar-refractivity contribution in [2.45, 2.75) is 12.6 Å². The summed E-state index contributed by atoms with van der Waals surface area (Å²) >= 11 is 6.06. The maximum Gasteiger partial charge on any atom is 0.345 e. The van der Waals surface area contributed by atoms with Crippen LogP contribution in [0.15, 0.2) is 24.3 Å². The van der Waals surface area contributed by atoms with Crippen molar-refractivity contribution < 1.29 is 19.0 Å². The molecule has 0 atom stereocenters. The van der Waals surface area contributed by atoms with Gasteiger partial charge < -0.3 is 24.5 Å². The third-order valence-corrected chi connectivity index (χ3v) is 5.37. The molecule has 2 aliphatic rings. The largest absolute Gasteiger partial charge is 0.492 e. The van der Waals surface area contributed by atoms with Crippen molar-refractivity contribution in [1.29, 1.82) is 0 Å². The number of anilines is 3. The Morgan fingerprint density at radius 1 is 1.10 bits per heavy atom. The van der Waals surface area contributed by atoms with Crippen molar-refractivity contribution in [3.63, 3.8) is 0 Å². The second kappa shape index (κ2) is 8.10. The molecule has 3 heterocycles. The smallest absolute Gasteiger partial charge is 0.345 e. The van der Waals surface area contributed by atoms with E-state index in [1.54, 1.807) is 0 Å². The Balaban J connectivity index is 1.44. The normalized spacial score (nSPS) is 18.2. The van der Waals surface area contributed by atoms with E-state index in [1.807, 2.05) is 36.1 Å². The van der Waals surface area contributed by atoms with Gasteiger partial charge in [0.15, 0.2) is 0 Å². The van der Waals surface area contributed by atoms with Crippen LogP contribution in [0.25, 0.3) is 0 Å². The van der Waals surface area contributed by atoms with Crippen LogP contribution in [-0.4, -0.2) is 77.6 Å². The number of nitrogens with zero attached hydrogens (tertiary/aromatic N) is 6. The lowest BCUT2D eigenvalue weighted by atomic mass is 9.97. The highest BCUT2D eigenvalue weighted by atomic mass is 35.5. The van der Waals surface area contributed by atoms with Crippen LogP contribution < -0.4 is 19.4 Å². The van der Waals surface area contributed by atoms with Crippen molar-refractivity contribution in [2.75, 3.05) is 60.6 Å². The lowest BCUT2D eigenvalue weighted by Gasteiger charge is -2.41. The van der Waals surface area contributed by atoms with Crippen LogP contribution in [-0.2, 0) is 4.79 Å². The van der Waals surface area contributed by atoms with Gasteiger partial charge in [-0.3, -0.25) is 0 Å². The van der Waals surface area contributed by atoms with Gasteiger partial charge in [-0.1, -0.05) is 12.1 Å². The second-order valence-corrected chi connectivity index (χ2v) is 7.54. The van der Waals surface area contributed by atoms with Gasteiger partial charge in [-0.2, -0.15) is 15.0 Å². The van der Waals surface area contributed by atoms with Crippen LogP contribution in [0.3, 0.4) is 0 Å². The van der Waals surface area contributed by atoms with Gasteiger partial charge in [0.1, 0.15) is 5.75 Å². The molecule has 2 aliphatic heterocycles. The average Bonchev–Trinajstić information content (AvgIpc) is 2.71. The summed E-state index contributed by atoms with van der Waals surface area (Å²) < 4.78 is 19.8. The topological polar surface area (TPSA) is 94.9 Å². The van der Waals surface area contributed by atoms with E-state index in [-0.39, 0.29) is 24.3 Å². The van der Waals surface area contributed by atoms with Crippen molar-refractivity contribution in [1.82, 2.24) is 15.0 Å². The molecule has 2 aromatic rings. The number of piperazine rings is 1. The van der Waals surface area contributed by atoms with Gasteiger partial charge >= 0.3 is 5.97 Å². The Morgan fingerprint density at radius 2 is 1.70 bits per heavy atom. The molecule has 30 heavy (non-hydrogen) atoms. The van der Waals surface area contributed by atoms with E-state index < -0.39 is 11.6 Å². The zero-order valence-corrected chi connectivity index (χ0v) is 17.2. The van der Waals surface area contributed by atoms with Crippen LogP contribution in [0.5, 0.6) is 5.75 Å². The molecule has 0 spiro atoms. The van der Waals surface area contributed by atoms with Crippen molar-refractivity contribution in [3.8, 4) is 5.75 Å². The molecule has 0 saturated carbocycles. The molecule has 2 fully saturated rings. The van der Waals surface area contributed by atoms with Crippen LogP contribution in [0.2, 0.25) is 5.28 Å². The lowest BCUT2D eigenvalue weighted by Crippen LogP contribution is -2.64.